The highest BCUT2D eigenvalue weighted by atomic mass is 16.5. The Bertz CT molecular complexity index is 792. The molecule has 0 saturated heterocycles. The first-order chi connectivity index (χ1) is 13.5. The van der Waals surface area contributed by atoms with Crippen LogP contribution in [0.15, 0.2) is 48.5 Å². The molecule has 0 saturated carbocycles. The van der Waals surface area contributed by atoms with Crippen molar-refractivity contribution in [3.63, 3.8) is 0 Å². The number of ether oxygens (including phenoxy) is 1. The lowest BCUT2D eigenvalue weighted by atomic mass is 10.2. The van der Waals surface area contributed by atoms with E-state index in [1.807, 2.05) is 44.2 Å². The van der Waals surface area contributed by atoms with Gasteiger partial charge in [-0.2, -0.15) is 0 Å². The van der Waals surface area contributed by atoms with Gasteiger partial charge in [0.05, 0.1) is 12.6 Å². The fraction of sp³-hybridized carbons (Fsp3) is 0.364. The monoisotopic (exact) mass is 383 g/mol. The molecular formula is C22H29N3O3. The summed E-state index contributed by atoms with van der Waals surface area (Å²) in [4.78, 5) is 24.3. The molecule has 2 aromatic rings. The highest BCUT2D eigenvalue weighted by molar-refractivity contribution is 5.96. The molecule has 2 rings (SSSR count). The minimum Gasteiger partial charge on any atom is -0.491 e. The maximum atomic E-state index is 12.2. The second-order valence-corrected chi connectivity index (χ2v) is 6.60. The van der Waals surface area contributed by atoms with E-state index < -0.39 is 0 Å². The number of carbonyl (C=O) groups excluding carboxylic acids is 2. The average molecular weight is 383 g/mol. The van der Waals surface area contributed by atoms with E-state index >= 15 is 0 Å². The molecule has 6 nitrogen and oxygen atoms in total. The smallest absolute Gasteiger partial charge is 0.251 e. The molecule has 0 heterocycles. The molecule has 2 amide bonds. The molecule has 0 aliphatic carbocycles. The SMILES string of the molecule is CCCNC(=O)c1cccc(NCC(=O)Nc2cccc(OC(C)CC)c2)c1. The molecule has 3 N–H and O–H groups in total. The van der Waals surface area contributed by atoms with Crippen LogP contribution in [0.4, 0.5) is 11.4 Å². The van der Waals surface area contributed by atoms with E-state index in [9.17, 15) is 9.59 Å². The number of amides is 2. The Hall–Kier alpha value is -3.02. The zero-order valence-corrected chi connectivity index (χ0v) is 16.7. The van der Waals surface area contributed by atoms with Crippen LogP contribution in [0.1, 0.15) is 44.0 Å². The molecule has 0 fully saturated rings. The lowest BCUT2D eigenvalue weighted by Gasteiger charge is -2.14. The van der Waals surface area contributed by atoms with E-state index in [0.717, 1.165) is 18.6 Å². The van der Waals surface area contributed by atoms with Gasteiger partial charge in [-0.3, -0.25) is 9.59 Å². The highest BCUT2D eigenvalue weighted by Gasteiger charge is 2.08. The van der Waals surface area contributed by atoms with Crippen LogP contribution in [0, 0.1) is 0 Å². The van der Waals surface area contributed by atoms with Gasteiger partial charge in [-0.05, 0) is 50.1 Å². The Kier molecular flexibility index (Phi) is 8.34. The maximum Gasteiger partial charge on any atom is 0.251 e. The molecule has 150 valence electrons. The maximum absolute atomic E-state index is 12.2. The van der Waals surface area contributed by atoms with Gasteiger partial charge < -0.3 is 20.7 Å². The quantitative estimate of drug-likeness (QED) is 0.578. The Morgan fingerprint density at radius 1 is 1.04 bits per heavy atom. The van der Waals surface area contributed by atoms with Crippen LogP contribution in [0.3, 0.4) is 0 Å². The van der Waals surface area contributed by atoms with Crippen molar-refractivity contribution in [3.05, 3.63) is 54.1 Å². The Morgan fingerprint density at radius 2 is 1.79 bits per heavy atom. The Balaban J connectivity index is 1.89. The van der Waals surface area contributed by atoms with E-state index in [-0.39, 0.29) is 24.5 Å². The predicted molar refractivity (Wildman–Crippen MR) is 113 cm³/mol. The lowest BCUT2D eigenvalue weighted by Crippen LogP contribution is -2.24. The first-order valence-electron chi connectivity index (χ1n) is 9.70. The summed E-state index contributed by atoms with van der Waals surface area (Å²) in [6, 6.07) is 14.4. The van der Waals surface area contributed by atoms with E-state index in [2.05, 4.69) is 22.9 Å². The van der Waals surface area contributed by atoms with Crippen LogP contribution in [0.5, 0.6) is 5.75 Å². The number of hydrogen-bond acceptors (Lipinski definition) is 4. The van der Waals surface area contributed by atoms with E-state index in [1.54, 1.807) is 18.2 Å². The molecule has 1 atom stereocenters. The topological polar surface area (TPSA) is 79.5 Å². The number of anilines is 2. The van der Waals surface area contributed by atoms with Gasteiger partial charge in [-0.15, -0.1) is 0 Å². The van der Waals surface area contributed by atoms with Crippen molar-refractivity contribution in [1.29, 1.82) is 0 Å². The van der Waals surface area contributed by atoms with Crippen molar-refractivity contribution in [3.8, 4) is 5.75 Å². The van der Waals surface area contributed by atoms with Gasteiger partial charge in [-0.1, -0.05) is 26.0 Å². The minimum absolute atomic E-state index is 0.0937. The van der Waals surface area contributed by atoms with Crippen LogP contribution in [-0.2, 0) is 4.79 Å². The number of nitrogens with one attached hydrogen (secondary N) is 3. The van der Waals surface area contributed by atoms with Crippen molar-refractivity contribution >= 4 is 23.2 Å². The summed E-state index contributed by atoms with van der Waals surface area (Å²) in [7, 11) is 0. The standard InChI is InChI=1S/C22H29N3O3/c1-4-12-23-22(27)17-8-6-9-18(13-17)24-15-21(26)25-19-10-7-11-20(14-19)28-16(3)5-2/h6-11,13-14,16,24H,4-5,12,15H2,1-3H3,(H,23,27)(H,25,26). The normalized spacial score (nSPS) is 11.4. The third-order valence-corrected chi connectivity index (χ3v) is 4.14. The van der Waals surface area contributed by atoms with Gasteiger partial charge in [0.1, 0.15) is 5.75 Å². The fourth-order valence-electron chi connectivity index (χ4n) is 2.46. The highest BCUT2D eigenvalue weighted by Crippen LogP contribution is 2.19. The van der Waals surface area contributed by atoms with Gasteiger partial charge in [0.25, 0.3) is 5.91 Å². The van der Waals surface area contributed by atoms with Gasteiger partial charge >= 0.3 is 0 Å². The molecule has 0 spiro atoms. The molecule has 0 aromatic heterocycles. The zero-order chi connectivity index (χ0) is 20.4. The lowest BCUT2D eigenvalue weighted by molar-refractivity contribution is -0.114. The first-order valence-corrected chi connectivity index (χ1v) is 9.70. The van der Waals surface area contributed by atoms with Crippen molar-refractivity contribution < 1.29 is 14.3 Å². The van der Waals surface area contributed by atoms with Crippen molar-refractivity contribution in [1.82, 2.24) is 5.32 Å². The van der Waals surface area contributed by atoms with Crippen molar-refractivity contribution in [2.45, 2.75) is 39.7 Å². The molecule has 6 heteroatoms. The summed E-state index contributed by atoms with van der Waals surface area (Å²) in [5.41, 5.74) is 1.96. The third kappa shape index (κ3) is 6.95. The fourth-order valence-corrected chi connectivity index (χ4v) is 2.46. The van der Waals surface area contributed by atoms with E-state index in [0.29, 0.717) is 23.5 Å². The Morgan fingerprint density at radius 3 is 2.54 bits per heavy atom. The van der Waals surface area contributed by atoms with Crippen LogP contribution in [-0.4, -0.2) is 31.0 Å². The number of hydrogen-bond donors (Lipinski definition) is 3. The molecule has 0 bridgehead atoms. The molecule has 0 aliphatic heterocycles. The third-order valence-electron chi connectivity index (χ3n) is 4.14. The average Bonchev–Trinajstić information content (AvgIpc) is 2.70. The summed E-state index contributed by atoms with van der Waals surface area (Å²) in [6.45, 7) is 6.80. The summed E-state index contributed by atoms with van der Waals surface area (Å²) in [5.74, 6) is 0.431. The number of rotatable bonds is 10. The summed E-state index contributed by atoms with van der Waals surface area (Å²) >= 11 is 0. The first kappa shape index (κ1) is 21.3. The molecule has 2 aromatic carbocycles. The van der Waals surface area contributed by atoms with Crippen LogP contribution in [0.25, 0.3) is 0 Å². The summed E-state index contributed by atoms with van der Waals surface area (Å²) in [5, 5.41) is 8.74. The predicted octanol–water partition coefficient (Wildman–Crippen LogP) is 4.05. The van der Waals surface area contributed by atoms with Gasteiger partial charge in [0, 0.05) is 29.5 Å². The minimum atomic E-state index is -0.179. The van der Waals surface area contributed by atoms with E-state index in [1.165, 1.54) is 0 Å². The number of benzene rings is 2. The van der Waals surface area contributed by atoms with Gasteiger partial charge in [0.15, 0.2) is 0 Å². The van der Waals surface area contributed by atoms with Crippen LogP contribution < -0.4 is 20.7 Å². The van der Waals surface area contributed by atoms with Gasteiger partial charge in [-0.25, -0.2) is 0 Å². The summed E-state index contributed by atoms with van der Waals surface area (Å²) < 4.78 is 5.77. The largest absolute Gasteiger partial charge is 0.491 e. The van der Waals surface area contributed by atoms with Crippen molar-refractivity contribution in [2.24, 2.45) is 0 Å². The zero-order valence-electron chi connectivity index (χ0n) is 16.7. The molecule has 28 heavy (non-hydrogen) atoms. The number of carbonyl (C=O) groups is 2. The van der Waals surface area contributed by atoms with E-state index in [4.69, 9.17) is 4.74 Å². The van der Waals surface area contributed by atoms with Gasteiger partial charge in [0.2, 0.25) is 5.91 Å². The second-order valence-electron chi connectivity index (χ2n) is 6.60. The van der Waals surface area contributed by atoms with Crippen LogP contribution >= 0.6 is 0 Å². The molecular weight excluding hydrogens is 354 g/mol. The molecule has 0 aliphatic rings. The Labute approximate surface area is 166 Å². The molecule has 0 radical (unpaired) electrons. The van der Waals surface area contributed by atoms with Crippen LogP contribution in [0.2, 0.25) is 0 Å². The van der Waals surface area contributed by atoms with Crippen molar-refractivity contribution in [2.75, 3.05) is 23.7 Å². The summed E-state index contributed by atoms with van der Waals surface area (Å²) in [6.07, 6.45) is 1.91. The second kappa shape index (κ2) is 11.0. The molecule has 1 unspecified atom stereocenters.